The lowest BCUT2D eigenvalue weighted by molar-refractivity contribution is -0.242. The first-order chi connectivity index (χ1) is 20.2. The Morgan fingerprint density at radius 3 is 2.24 bits per heavy atom. The van der Waals surface area contributed by atoms with Crippen molar-refractivity contribution >= 4 is 10.1 Å². The SMILES string of the molecule is Cc1ccc(S(=O)(=O)OC[C@@H]2C[C@@H]([C@H]3O[C@@H]4OC(C)(C)O[C@@H]4[C@H]3OCc3ccccc3)N(Cc3ccccc3)O2)cc1. The van der Waals surface area contributed by atoms with Gasteiger partial charge in [0.2, 0.25) is 0 Å². The normalized spacial score (nSPS) is 29.1. The van der Waals surface area contributed by atoms with Gasteiger partial charge in [0.1, 0.15) is 24.4 Å². The lowest BCUT2D eigenvalue weighted by Crippen LogP contribution is -2.47. The minimum absolute atomic E-state index is 0.113. The van der Waals surface area contributed by atoms with Crippen LogP contribution in [-0.4, -0.2) is 62.6 Å². The van der Waals surface area contributed by atoms with E-state index in [9.17, 15) is 8.42 Å². The molecule has 0 N–H and O–H groups in total. The van der Waals surface area contributed by atoms with Crippen LogP contribution in [0.4, 0.5) is 0 Å². The first-order valence-electron chi connectivity index (χ1n) is 14.3. The first kappa shape index (κ1) is 29.4. The van der Waals surface area contributed by atoms with Gasteiger partial charge in [0, 0.05) is 6.54 Å². The molecule has 10 heteroatoms. The Hall–Kier alpha value is -2.67. The van der Waals surface area contributed by atoms with Crippen molar-refractivity contribution in [3.8, 4) is 0 Å². The van der Waals surface area contributed by atoms with Gasteiger partial charge in [-0.2, -0.15) is 13.5 Å². The van der Waals surface area contributed by atoms with Gasteiger partial charge in [-0.1, -0.05) is 78.4 Å². The number of ether oxygens (including phenoxy) is 4. The Morgan fingerprint density at radius 1 is 0.881 bits per heavy atom. The van der Waals surface area contributed by atoms with Crippen LogP contribution < -0.4 is 0 Å². The number of aryl methyl sites for hydroxylation is 1. The van der Waals surface area contributed by atoms with Crippen LogP contribution in [0.3, 0.4) is 0 Å². The maximum absolute atomic E-state index is 12.9. The zero-order valence-electron chi connectivity index (χ0n) is 24.0. The van der Waals surface area contributed by atoms with Gasteiger partial charge < -0.3 is 18.9 Å². The number of hydrogen-bond acceptors (Lipinski definition) is 9. The van der Waals surface area contributed by atoms with Crippen LogP contribution in [-0.2, 0) is 51.2 Å². The van der Waals surface area contributed by atoms with Crippen molar-refractivity contribution in [2.24, 2.45) is 0 Å². The average Bonchev–Trinajstić information content (AvgIpc) is 3.61. The first-order valence-corrected chi connectivity index (χ1v) is 15.7. The lowest BCUT2D eigenvalue weighted by Gasteiger charge is -2.32. The van der Waals surface area contributed by atoms with Gasteiger partial charge in [-0.05, 0) is 50.5 Å². The number of hydrogen-bond donors (Lipinski definition) is 0. The van der Waals surface area contributed by atoms with Crippen LogP contribution in [0.1, 0.15) is 37.0 Å². The molecular formula is C32H37NO8S. The third-order valence-electron chi connectivity index (χ3n) is 7.75. The summed E-state index contributed by atoms with van der Waals surface area (Å²) in [5.74, 6) is -0.800. The zero-order valence-corrected chi connectivity index (χ0v) is 24.8. The second-order valence-electron chi connectivity index (χ2n) is 11.5. The minimum atomic E-state index is -3.95. The molecular weight excluding hydrogens is 558 g/mol. The van der Waals surface area contributed by atoms with Gasteiger partial charge in [-0.3, -0.25) is 9.02 Å². The van der Waals surface area contributed by atoms with E-state index in [1.807, 2.05) is 86.5 Å². The standard InChI is InChI=1S/C32H37NO8S/c1-22-14-16-26(17-15-22)42(34,35)37-21-25-18-27(33(41-25)19-23-10-6-4-7-11-23)28-29(36-20-24-12-8-5-9-13-24)30-31(38-28)40-32(2,3)39-30/h4-17,25,27-31H,18-21H2,1-3H3/t25-,27-,28+,29-,30+,31+/m0/s1. The van der Waals surface area contributed by atoms with E-state index in [1.165, 1.54) is 0 Å². The van der Waals surface area contributed by atoms with Crippen molar-refractivity contribution < 1.29 is 36.4 Å². The Balaban J connectivity index is 1.22. The Labute approximate surface area is 247 Å². The van der Waals surface area contributed by atoms with Gasteiger partial charge >= 0.3 is 0 Å². The third kappa shape index (κ3) is 6.61. The summed E-state index contributed by atoms with van der Waals surface area (Å²) in [6.45, 7) is 6.35. The molecule has 42 heavy (non-hydrogen) atoms. The second-order valence-corrected chi connectivity index (χ2v) is 13.1. The summed E-state index contributed by atoms with van der Waals surface area (Å²) in [5.41, 5.74) is 3.05. The third-order valence-corrected chi connectivity index (χ3v) is 9.05. The summed E-state index contributed by atoms with van der Waals surface area (Å²) in [6.07, 6.45) is -1.97. The molecule has 0 saturated carbocycles. The van der Waals surface area contributed by atoms with Crippen LogP contribution >= 0.6 is 0 Å². The summed E-state index contributed by atoms with van der Waals surface area (Å²) < 4.78 is 56.6. The topological polar surface area (TPSA) is 92.8 Å². The van der Waals surface area contributed by atoms with Crippen LogP contribution in [0.25, 0.3) is 0 Å². The molecule has 3 fully saturated rings. The molecule has 0 amide bonds. The smallest absolute Gasteiger partial charge is 0.297 e. The van der Waals surface area contributed by atoms with Crippen LogP contribution in [0.2, 0.25) is 0 Å². The molecule has 9 nitrogen and oxygen atoms in total. The maximum Gasteiger partial charge on any atom is 0.297 e. The van der Waals surface area contributed by atoms with Gasteiger partial charge in [0.05, 0.1) is 24.2 Å². The summed E-state index contributed by atoms with van der Waals surface area (Å²) in [4.78, 5) is 6.45. The van der Waals surface area contributed by atoms with Crippen molar-refractivity contribution in [3.63, 3.8) is 0 Å². The predicted molar refractivity (Wildman–Crippen MR) is 153 cm³/mol. The average molecular weight is 596 g/mol. The highest BCUT2D eigenvalue weighted by atomic mass is 32.2. The maximum atomic E-state index is 12.9. The van der Waals surface area contributed by atoms with E-state index >= 15 is 0 Å². The van der Waals surface area contributed by atoms with E-state index in [1.54, 1.807) is 24.3 Å². The molecule has 0 spiro atoms. The summed E-state index contributed by atoms with van der Waals surface area (Å²) in [5, 5.41) is 1.86. The summed E-state index contributed by atoms with van der Waals surface area (Å²) in [7, 11) is -3.95. The van der Waals surface area contributed by atoms with E-state index in [2.05, 4.69) is 0 Å². The van der Waals surface area contributed by atoms with Crippen LogP contribution in [0, 0.1) is 6.92 Å². The highest BCUT2D eigenvalue weighted by Crippen LogP contribution is 2.43. The molecule has 0 radical (unpaired) electrons. The zero-order chi connectivity index (χ0) is 29.3. The van der Waals surface area contributed by atoms with E-state index in [0.717, 1.165) is 16.7 Å². The van der Waals surface area contributed by atoms with E-state index in [4.69, 9.17) is 28.0 Å². The fourth-order valence-electron chi connectivity index (χ4n) is 5.72. The quantitative estimate of drug-likeness (QED) is 0.308. The van der Waals surface area contributed by atoms with Crippen LogP contribution in [0.5, 0.6) is 0 Å². The molecule has 6 atom stereocenters. The molecule has 3 aliphatic heterocycles. The minimum Gasteiger partial charge on any atom is -0.368 e. The Morgan fingerprint density at radius 2 is 1.55 bits per heavy atom. The molecule has 224 valence electrons. The van der Waals surface area contributed by atoms with Crippen LogP contribution in [0.15, 0.2) is 89.8 Å². The lowest BCUT2D eigenvalue weighted by atomic mass is 9.98. The predicted octanol–water partition coefficient (Wildman–Crippen LogP) is 4.74. The fourth-order valence-corrected chi connectivity index (χ4v) is 6.66. The molecule has 0 bridgehead atoms. The number of fused-ring (bicyclic) bond motifs is 1. The van der Waals surface area contributed by atoms with Crippen molar-refractivity contribution in [3.05, 3.63) is 102 Å². The number of nitrogens with zero attached hydrogens (tertiary/aromatic N) is 1. The van der Waals surface area contributed by atoms with E-state index < -0.39 is 46.6 Å². The molecule has 0 aliphatic carbocycles. The number of benzene rings is 3. The molecule has 0 aromatic heterocycles. The molecule has 3 saturated heterocycles. The van der Waals surface area contributed by atoms with E-state index in [0.29, 0.717) is 19.6 Å². The van der Waals surface area contributed by atoms with Crippen molar-refractivity contribution in [2.45, 2.75) is 87.8 Å². The Bertz CT molecular complexity index is 1430. The van der Waals surface area contributed by atoms with Crippen molar-refractivity contribution in [1.29, 1.82) is 0 Å². The summed E-state index contributed by atoms with van der Waals surface area (Å²) in [6, 6.07) is 26.2. The fraction of sp³-hybridized carbons (Fsp3) is 0.438. The van der Waals surface area contributed by atoms with Gasteiger partial charge in [-0.15, -0.1) is 0 Å². The highest BCUT2D eigenvalue weighted by molar-refractivity contribution is 7.86. The largest absolute Gasteiger partial charge is 0.368 e. The highest BCUT2D eigenvalue weighted by Gasteiger charge is 2.59. The monoisotopic (exact) mass is 595 g/mol. The van der Waals surface area contributed by atoms with Crippen molar-refractivity contribution in [2.75, 3.05) is 6.61 Å². The molecule has 0 unspecified atom stereocenters. The molecule has 3 aromatic rings. The number of hydroxylamine groups is 2. The Kier molecular flexibility index (Phi) is 8.50. The molecule has 3 heterocycles. The second kappa shape index (κ2) is 12.1. The number of rotatable bonds is 10. The van der Waals surface area contributed by atoms with Gasteiger partial charge in [0.15, 0.2) is 12.1 Å². The molecule has 3 aromatic carbocycles. The van der Waals surface area contributed by atoms with Gasteiger partial charge in [-0.25, -0.2) is 0 Å². The summed E-state index contributed by atoms with van der Waals surface area (Å²) >= 11 is 0. The van der Waals surface area contributed by atoms with Crippen molar-refractivity contribution in [1.82, 2.24) is 5.06 Å². The molecule has 3 aliphatic rings. The van der Waals surface area contributed by atoms with Gasteiger partial charge in [0.25, 0.3) is 10.1 Å². The van der Waals surface area contributed by atoms with E-state index in [-0.39, 0.29) is 17.5 Å². The molecule has 6 rings (SSSR count).